The highest BCUT2D eigenvalue weighted by Crippen LogP contribution is 2.29. The van der Waals surface area contributed by atoms with Crippen LogP contribution in [0.15, 0.2) is 29.6 Å². The van der Waals surface area contributed by atoms with Crippen molar-refractivity contribution in [1.29, 1.82) is 0 Å². The molecule has 3 nitrogen and oxygen atoms in total. The summed E-state index contributed by atoms with van der Waals surface area (Å²) in [6, 6.07) is 8.58. The standard InChI is InChI=1S/C13H14N2OS/c14-13(16)10-3-5-15(8-10)11-2-1-9-4-6-17-12(9)7-11/h1-2,4,6-7,10H,3,5,8H2,(H2,14,16)/t10-/m1/s1. The second-order valence-corrected chi connectivity index (χ2v) is 5.42. The Bertz CT molecular complexity index is 563. The van der Waals surface area contributed by atoms with Crippen molar-refractivity contribution < 1.29 is 4.79 Å². The molecule has 4 heteroatoms. The summed E-state index contributed by atoms with van der Waals surface area (Å²) in [4.78, 5) is 13.4. The van der Waals surface area contributed by atoms with Gasteiger partial charge in [0.2, 0.25) is 5.91 Å². The number of primary amides is 1. The lowest BCUT2D eigenvalue weighted by Crippen LogP contribution is -2.27. The van der Waals surface area contributed by atoms with Crippen molar-refractivity contribution in [2.75, 3.05) is 18.0 Å². The fraction of sp³-hybridized carbons (Fsp3) is 0.308. The van der Waals surface area contributed by atoms with Crippen molar-refractivity contribution in [2.45, 2.75) is 6.42 Å². The molecule has 0 unspecified atom stereocenters. The maximum absolute atomic E-state index is 11.1. The van der Waals surface area contributed by atoms with E-state index in [-0.39, 0.29) is 11.8 Å². The van der Waals surface area contributed by atoms with Gasteiger partial charge in [0.05, 0.1) is 5.92 Å². The molecule has 88 valence electrons. The third kappa shape index (κ3) is 1.89. The number of hydrogen-bond donors (Lipinski definition) is 1. The Morgan fingerprint density at radius 3 is 3.06 bits per heavy atom. The normalized spacial score (nSPS) is 20.0. The van der Waals surface area contributed by atoms with E-state index >= 15 is 0 Å². The second-order valence-electron chi connectivity index (χ2n) is 4.48. The molecule has 1 atom stereocenters. The van der Waals surface area contributed by atoms with Gasteiger partial charge in [-0.25, -0.2) is 0 Å². The first-order valence-electron chi connectivity index (χ1n) is 5.75. The predicted molar refractivity (Wildman–Crippen MR) is 71.3 cm³/mol. The number of carbonyl (C=O) groups is 1. The first kappa shape index (κ1) is 10.6. The Morgan fingerprint density at radius 2 is 2.29 bits per heavy atom. The van der Waals surface area contributed by atoms with Gasteiger partial charge in [-0.2, -0.15) is 0 Å². The van der Waals surface area contributed by atoms with E-state index in [2.05, 4.69) is 34.5 Å². The molecule has 1 fully saturated rings. The van der Waals surface area contributed by atoms with Crippen LogP contribution in [0.5, 0.6) is 0 Å². The monoisotopic (exact) mass is 246 g/mol. The van der Waals surface area contributed by atoms with Gasteiger partial charge in [0.25, 0.3) is 0 Å². The molecule has 0 saturated carbocycles. The van der Waals surface area contributed by atoms with Crippen LogP contribution >= 0.6 is 11.3 Å². The first-order chi connectivity index (χ1) is 8.24. The molecular weight excluding hydrogens is 232 g/mol. The first-order valence-corrected chi connectivity index (χ1v) is 6.63. The quantitative estimate of drug-likeness (QED) is 0.883. The van der Waals surface area contributed by atoms with Crippen molar-refractivity contribution in [2.24, 2.45) is 11.7 Å². The van der Waals surface area contributed by atoms with Gasteiger partial charge >= 0.3 is 0 Å². The topological polar surface area (TPSA) is 46.3 Å². The Hall–Kier alpha value is -1.55. The maximum atomic E-state index is 11.1. The van der Waals surface area contributed by atoms with E-state index in [4.69, 9.17) is 5.73 Å². The fourth-order valence-electron chi connectivity index (χ4n) is 2.37. The molecule has 0 spiro atoms. The van der Waals surface area contributed by atoms with Crippen molar-refractivity contribution >= 4 is 33.0 Å². The molecule has 2 heterocycles. The zero-order valence-corrected chi connectivity index (χ0v) is 10.2. The minimum absolute atomic E-state index is 0.00836. The van der Waals surface area contributed by atoms with Crippen molar-refractivity contribution in [3.05, 3.63) is 29.6 Å². The molecule has 0 radical (unpaired) electrons. The molecule has 1 aromatic heterocycles. The minimum Gasteiger partial charge on any atom is -0.371 e. The Kier molecular flexibility index (Phi) is 2.52. The molecule has 17 heavy (non-hydrogen) atoms. The number of amides is 1. The summed E-state index contributed by atoms with van der Waals surface area (Å²) in [6.45, 7) is 1.68. The number of hydrogen-bond acceptors (Lipinski definition) is 3. The van der Waals surface area contributed by atoms with Gasteiger partial charge in [0.15, 0.2) is 0 Å². The van der Waals surface area contributed by atoms with E-state index in [1.165, 1.54) is 15.8 Å². The van der Waals surface area contributed by atoms with Crippen LogP contribution in [0, 0.1) is 5.92 Å². The Morgan fingerprint density at radius 1 is 1.41 bits per heavy atom. The summed E-state index contributed by atoms with van der Waals surface area (Å²) >= 11 is 1.75. The highest BCUT2D eigenvalue weighted by molar-refractivity contribution is 7.17. The molecule has 2 aromatic rings. The van der Waals surface area contributed by atoms with E-state index < -0.39 is 0 Å². The molecule has 1 aromatic carbocycles. The molecule has 1 aliphatic rings. The Balaban J connectivity index is 1.87. The molecule has 2 N–H and O–H groups in total. The van der Waals surface area contributed by atoms with E-state index in [0.29, 0.717) is 0 Å². The number of thiophene rings is 1. The molecule has 0 bridgehead atoms. The zero-order valence-electron chi connectivity index (χ0n) is 9.43. The van der Waals surface area contributed by atoms with E-state index in [0.717, 1.165) is 19.5 Å². The highest BCUT2D eigenvalue weighted by Gasteiger charge is 2.26. The lowest BCUT2D eigenvalue weighted by atomic mass is 10.1. The summed E-state index contributed by atoms with van der Waals surface area (Å²) in [5.74, 6) is -0.168. The van der Waals surface area contributed by atoms with Gasteiger partial charge in [-0.1, -0.05) is 6.07 Å². The smallest absolute Gasteiger partial charge is 0.222 e. The number of benzene rings is 1. The zero-order chi connectivity index (χ0) is 11.8. The maximum Gasteiger partial charge on any atom is 0.222 e. The van der Waals surface area contributed by atoms with Crippen LogP contribution in [-0.4, -0.2) is 19.0 Å². The van der Waals surface area contributed by atoms with E-state index in [9.17, 15) is 4.79 Å². The van der Waals surface area contributed by atoms with Crippen LogP contribution in [0.3, 0.4) is 0 Å². The number of nitrogens with zero attached hydrogens (tertiary/aromatic N) is 1. The van der Waals surface area contributed by atoms with Crippen LogP contribution in [0.2, 0.25) is 0 Å². The number of carbonyl (C=O) groups excluding carboxylic acids is 1. The summed E-state index contributed by atoms with van der Waals surface area (Å²) in [5, 5.41) is 3.38. The van der Waals surface area contributed by atoms with Crippen LogP contribution in [0.1, 0.15) is 6.42 Å². The van der Waals surface area contributed by atoms with Crippen molar-refractivity contribution in [3.63, 3.8) is 0 Å². The molecular formula is C13H14N2OS. The molecule has 1 amide bonds. The van der Waals surface area contributed by atoms with E-state index in [1.54, 1.807) is 11.3 Å². The van der Waals surface area contributed by atoms with Gasteiger partial charge in [-0.15, -0.1) is 11.3 Å². The van der Waals surface area contributed by atoms with Crippen molar-refractivity contribution in [3.8, 4) is 0 Å². The molecule has 0 aliphatic carbocycles. The summed E-state index contributed by atoms with van der Waals surface area (Å²) in [7, 11) is 0. The summed E-state index contributed by atoms with van der Waals surface area (Å²) < 4.78 is 1.30. The third-order valence-electron chi connectivity index (χ3n) is 3.40. The largest absolute Gasteiger partial charge is 0.371 e. The van der Waals surface area contributed by atoms with Crippen LogP contribution in [-0.2, 0) is 4.79 Å². The van der Waals surface area contributed by atoms with Gasteiger partial charge in [-0.3, -0.25) is 4.79 Å². The fourth-order valence-corrected chi connectivity index (χ4v) is 3.19. The lowest BCUT2D eigenvalue weighted by Gasteiger charge is -2.18. The minimum atomic E-state index is -0.176. The van der Waals surface area contributed by atoms with Gasteiger partial charge in [-0.05, 0) is 35.4 Å². The van der Waals surface area contributed by atoms with Gasteiger partial charge < -0.3 is 10.6 Å². The summed E-state index contributed by atoms with van der Waals surface area (Å²) in [5.41, 5.74) is 6.55. The lowest BCUT2D eigenvalue weighted by molar-refractivity contribution is -0.121. The van der Waals surface area contributed by atoms with Gasteiger partial charge in [0.1, 0.15) is 0 Å². The Labute approximate surface area is 104 Å². The van der Waals surface area contributed by atoms with Gasteiger partial charge in [0, 0.05) is 23.5 Å². The van der Waals surface area contributed by atoms with Crippen molar-refractivity contribution in [1.82, 2.24) is 0 Å². The number of fused-ring (bicyclic) bond motifs is 1. The average Bonchev–Trinajstić information content (AvgIpc) is 2.97. The van der Waals surface area contributed by atoms with E-state index in [1.807, 2.05) is 0 Å². The van der Waals surface area contributed by atoms with Crippen LogP contribution in [0.25, 0.3) is 10.1 Å². The molecule has 3 rings (SSSR count). The second kappa shape index (κ2) is 4.04. The number of anilines is 1. The average molecular weight is 246 g/mol. The third-order valence-corrected chi connectivity index (χ3v) is 4.28. The van der Waals surface area contributed by atoms with Crippen LogP contribution < -0.4 is 10.6 Å². The van der Waals surface area contributed by atoms with Crippen LogP contribution in [0.4, 0.5) is 5.69 Å². The predicted octanol–water partition coefficient (Wildman–Crippen LogP) is 2.21. The highest BCUT2D eigenvalue weighted by atomic mass is 32.1. The SMILES string of the molecule is NC(=O)[C@@H]1CCN(c2ccc3ccsc3c2)C1. The molecule has 1 aliphatic heterocycles. The number of rotatable bonds is 2. The summed E-state index contributed by atoms with van der Waals surface area (Å²) in [6.07, 6.45) is 0.873. The molecule has 1 saturated heterocycles. The number of nitrogens with two attached hydrogens (primary N) is 1.